The lowest BCUT2D eigenvalue weighted by atomic mass is 9.86. The van der Waals surface area contributed by atoms with Crippen molar-refractivity contribution in [2.45, 2.75) is 38.1 Å². The highest BCUT2D eigenvalue weighted by Crippen LogP contribution is 2.51. The fourth-order valence-electron chi connectivity index (χ4n) is 4.34. The van der Waals surface area contributed by atoms with Gasteiger partial charge in [0.15, 0.2) is 17.6 Å². The molecule has 3 aliphatic rings. The van der Waals surface area contributed by atoms with E-state index >= 15 is 0 Å². The molecule has 0 fully saturated rings. The van der Waals surface area contributed by atoms with Gasteiger partial charge in [0.2, 0.25) is 0 Å². The molecule has 0 bridgehead atoms. The normalized spacial score (nSPS) is 23.0. The number of fused-ring (bicyclic) bond motifs is 6. The minimum Gasteiger partial charge on any atom is -0.504 e. The maximum absolute atomic E-state index is 10.6. The molecule has 0 saturated heterocycles. The van der Waals surface area contributed by atoms with Crippen LogP contribution >= 0.6 is 0 Å². The molecule has 5 rings (SSSR count). The summed E-state index contributed by atoms with van der Waals surface area (Å²) in [6.07, 6.45) is -0.671. The Bertz CT molecular complexity index is 1070. The van der Waals surface area contributed by atoms with Crippen molar-refractivity contribution in [2.24, 2.45) is 0 Å². The van der Waals surface area contributed by atoms with E-state index in [4.69, 9.17) is 23.7 Å². The zero-order valence-electron chi connectivity index (χ0n) is 17.3. The average Bonchev–Trinajstić information content (AvgIpc) is 2.72. The van der Waals surface area contributed by atoms with Gasteiger partial charge in [0, 0.05) is 29.2 Å². The summed E-state index contributed by atoms with van der Waals surface area (Å²) < 4.78 is 29.3. The fraction of sp³-hybridized carbons (Fsp3) is 0.391. The standard InChI is InChI=1S/C23H24O7/c1-23(2)19(25)8-13-15(30-23)6-5-11-21(13)29-18-10-28-16-9-17(26-3)14(24)7-12(16)20(18)22(11)27-4/h5-7,9,18-19,24-25H,8,10H2,1-4H3/t18-,19?/m1/s1. The van der Waals surface area contributed by atoms with Crippen LogP contribution in [0.4, 0.5) is 0 Å². The monoisotopic (exact) mass is 412 g/mol. The van der Waals surface area contributed by atoms with E-state index in [0.717, 1.165) is 16.7 Å². The maximum atomic E-state index is 10.6. The van der Waals surface area contributed by atoms with Crippen LogP contribution in [-0.4, -0.2) is 48.8 Å². The second-order valence-electron chi connectivity index (χ2n) is 8.23. The van der Waals surface area contributed by atoms with Gasteiger partial charge in [-0.05, 0) is 32.0 Å². The molecule has 0 saturated carbocycles. The molecule has 0 aliphatic carbocycles. The van der Waals surface area contributed by atoms with Crippen molar-refractivity contribution in [3.05, 3.63) is 41.0 Å². The van der Waals surface area contributed by atoms with Crippen molar-refractivity contribution in [1.29, 1.82) is 0 Å². The van der Waals surface area contributed by atoms with Crippen molar-refractivity contribution in [1.82, 2.24) is 0 Å². The summed E-state index contributed by atoms with van der Waals surface area (Å²) in [5, 5.41) is 20.9. The van der Waals surface area contributed by atoms with Crippen molar-refractivity contribution in [3.63, 3.8) is 0 Å². The molecule has 2 aromatic carbocycles. The number of benzene rings is 2. The number of phenolic OH excluding ortho intramolecular Hbond substituents is 1. The molecular weight excluding hydrogens is 388 g/mol. The van der Waals surface area contributed by atoms with Gasteiger partial charge in [-0.3, -0.25) is 0 Å². The SMILES string of the molecule is COC1=C2c3cc(O)c(OC)cc3OC[C@H]2Oc2c1ccc1c2CC(O)C(C)(C)O1. The van der Waals surface area contributed by atoms with E-state index in [0.29, 0.717) is 40.7 Å². The Hall–Kier alpha value is -3.06. The van der Waals surface area contributed by atoms with E-state index < -0.39 is 17.8 Å². The third kappa shape index (κ3) is 2.61. The molecular formula is C23H24O7. The summed E-state index contributed by atoms with van der Waals surface area (Å²) in [6.45, 7) is 4.01. The van der Waals surface area contributed by atoms with Gasteiger partial charge in [-0.2, -0.15) is 0 Å². The van der Waals surface area contributed by atoms with Gasteiger partial charge >= 0.3 is 0 Å². The minimum absolute atomic E-state index is 0.0124. The van der Waals surface area contributed by atoms with Crippen LogP contribution in [0.15, 0.2) is 24.3 Å². The lowest BCUT2D eigenvalue weighted by molar-refractivity contribution is -0.0421. The molecule has 0 aromatic heterocycles. The number of hydrogen-bond donors (Lipinski definition) is 2. The Balaban J connectivity index is 1.70. The highest BCUT2D eigenvalue weighted by Gasteiger charge is 2.42. The van der Waals surface area contributed by atoms with Gasteiger partial charge in [-0.25, -0.2) is 0 Å². The first-order valence-electron chi connectivity index (χ1n) is 9.86. The summed E-state index contributed by atoms with van der Waals surface area (Å²) in [7, 11) is 3.11. The molecule has 30 heavy (non-hydrogen) atoms. The van der Waals surface area contributed by atoms with Crippen LogP contribution < -0.4 is 18.9 Å². The minimum atomic E-state index is -0.676. The van der Waals surface area contributed by atoms with Crippen molar-refractivity contribution >= 4 is 11.3 Å². The van der Waals surface area contributed by atoms with E-state index in [9.17, 15) is 10.2 Å². The van der Waals surface area contributed by atoms with Crippen molar-refractivity contribution in [2.75, 3.05) is 20.8 Å². The Morgan fingerprint density at radius 1 is 1.07 bits per heavy atom. The van der Waals surface area contributed by atoms with Crippen LogP contribution in [0.3, 0.4) is 0 Å². The highest BCUT2D eigenvalue weighted by atomic mass is 16.5. The molecule has 1 unspecified atom stereocenters. The first-order chi connectivity index (χ1) is 14.3. The zero-order chi connectivity index (χ0) is 21.2. The molecule has 2 aromatic rings. The van der Waals surface area contributed by atoms with Crippen LogP contribution in [-0.2, 0) is 11.2 Å². The van der Waals surface area contributed by atoms with Crippen LogP contribution in [0.25, 0.3) is 11.3 Å². The summed E-state index contributed by atoms with van der Waals surface area (Å²) in [5.41, 5.74) is 2.42. The average molecular weight is 412 g/mol. The third-order valence-electron chi connectivity index (χ3n) is 6.03. The Kier molecular flexibility index (Phi) is 4.08. The molecule has 0 spiro atoms. The number of phenols is 1. The molecule has 158 valence electrons. The number of rotatable bonds is 2. The second kappa shape index (κ2) is 6.47. The van der Waals surface area contributed by atoms with Gasteiger partial charge < -0.3 is 33.9 Å². The van der Waals surface area contributed by atoms with Gasteiger partial charge in [0.1, 0.15) is 35.2 Å². The Morgan fingerprint density at radius 2 is 1.87 bits per heavy atom. The molecule has 7 heteroatoms. The number of aliphatic hydroxyl groups excluding tert-OH is 1. The smallest absolute Gasteiger partial charge is 0.164 e. The lowest BCUT2D eigenvalue weighted by Crippen LogP contribution is -2.46. The van der Waals surface area contributed by atoms with E-state index in [-0.39, 0.29) is 12.4 Å². The number of aromatic hydroxyl groups is 1. The second-order valence-corrected chi connectivity index (χ2v) is 8.23. The molecule has 3 aliphatic heterocycles. The quantitative estimate of drug-likeness (QED) is 0.784. The maximum Gasteiger partial charge on any atom is 0.164 e. The highest BCUT2D eigenvalue weighted by molar-refractivity contribution is 5.96. The van der Waals surface area contributed by atoms with E-state index in [2.05, 4.69) is 0 Å². The predicted octanol–water partition coefficient (Wildman–Crippen LogP) is 3.14. The lowest BCUT2D eigenvalue weighted by Gasteiger charge is -2.40. The van der Waals surface area contributed by atoms with Crippen LogP contribution in [0, 0.1) is 0 Å². The first kappa shape index (κ1) is 18.9. The molecule has 0 radical (unpaired) electrons. The fourth-order valence-corrected chi connectivity index (χ4v) is 4.34. The van der Waals surface area contributed by atoms with Crippen molar-refractivity contribution in [3.8, 4) is 28.7 Å². The van der Waals surface area contributed by atoms with Crippen LogP contribution in [0.1, 0.15) is 30.5 Å². The summed E-state index contributed by atoms with van der Waals surface area (Å²) >= 11 is 0. The predicted molar refractivity (Wildman–Crippen MR) is 109 cm³/mol. The van der Waals surface area contributed by atoms with Crippen LogP contribution in [0.5, 0.6) is 28.7 Å². The summed E-state index contributed by atoms with van der Waals surface area (Å²) in [4.78, 5) is 0. The Labute approximate surface area is 174 Å². The van der Waals surface area contributed by atoms with Crippen molar-refractivity contribution < 1.29 is 33.9 Å². The molecule has 7 nitrogen and oxygen atoms in total. The topological polar surface area (TPSA) is 86.6 Å². The van der Waals surface area contributed by atoms with Crippen LogP contribution in [0.2, 0.25) is 0 Å². The van der Waals surface area contributed by atoms with E-state index in [1.165, 1.54) is 7.11 Å². The first-order valence-corrected chi connectivity index (χ1v) is 9.86. The molecule has 0 amide bonds. The summed E-state index contributed by atoms with van der Waals surface area (Å²) in [6, 6.07) is 7.06. The third-order valence-corrected chi connectivity index (χ3v) is 6.03. The van der Waals surface area contributed by atoms with Gasteiger partial charge in [0.05, 0.1) is 25.9 Å². The summed E-state index contributed by atoms with van der Waals surface area (Å²) in [5.74, 6) is 2.93. The van der Waals surface area contributed by atoms with Gasteiger partial charge in [-0.1, -0.05) is 0 Å². The molecule has 2 atom stereocenters. The molecule has 2 N–H and O–H groups in total. The number of hydrogen-bond acceptors (Lipinski definition) is 7. The zero-order valence-corrected chi connectivity index (χ0v) is 17.3. The number of ether oxygens (including phenoxy) is 5. The van der Waals surface area contributed by atoms with Gasteiger partial charge in [-0.15, -0.1) is 0 Å². The van der Waals surface area contributed by atoms with E-state index in [1.54, 1.807) is 19.2 Å². The largest absolute Gasteiger partial charge is 0.504 e. The Morgan fingerprint density at radius 3 is 2.60 bits per heavy atom. The van der Waals surface area contributed by atoms with E-state index in [1.807, 2.05) is 26.0 Å². The number of aliphatic hydroxyl groups is 1. The number of methoxy groups -OCH3 is 2. The molecule has 3 heterocycles. The van der Waals surface area contributed by atoms with Gasteiger partial charge in [0.25, 0.3) is 0 Å².